The highest BCUT2D eigenvalue weighted by atomic mass is 35.5. The van der Waals surface area contributed by atoms with E-state index in [0.29, 0.717) is 10.6 Å². The molecule has 1 aliphatic rings. The third-order valence-electron chi connectivity index (χ3n) is 2.54. The van der Waals surface area contributed by atoms with Crippen molar-refractivity contribution in [1.29, 1.82) is 0 Å². The molecule has 0 saturated carbocycles. The first-order valence-corrected chi connectivity index (χ1v) is 5.13. The van der Waals surface area contributed by atoms with Gasteiger partial charge in [-0.3, -0.25) is 4.79 Å². The highest BCUT2D eigenvalue weighted by molar-refractivity contribution is 6.33. The second-order valence-electron chi connectivity index (χ2n) is 3.48. The molecular weight excluding hydrogens is 196 g/mol. The van der Waals surface area contributed by atoms with Gasteiger partial charge in [-0.15, -0.1) is 0 Å². The lowest BCUT2D eigenvalue weighted by Gasteiger charge is -2.03. The number of carbonyl (C=O) groups is 1. The van der Waals surface area contributed by atoms with Crippen molar-refractivity contribution >= 4 is 23.5 Å². The molecule has 14 heavy (non-hydrogen) atoms. The van der Waals surface area contributed by atoms with Crippen LogP contribution in [0.15, 0.2) is 24.3 Å². The van der Waals surface area contributed by atoms with Gasteiger partial charge in [0.25, 0.3) is 0 Å². The molecule has 0 saturated heterocycles. The lowest BCUT2D eigenvalue weighted by Crippen LogP contribution is -1.86. The third-order valence-corrected chi connectivity index (χ3v) is 2.87. The standard InChI is InChI=1S/C12H11ClO/c13-12-7-10(5-6-11(12)8-14)9-3-1-2-4-9/h3,5-8H,1-2,4H2. The van der Waals surface area contributed by atoms with Gasteiger partial charge in [0.2, 0.25) is 0 Å². The second kappa shape index (κ2) is 3.97. The minimum atomic E-state index is 0.547. The van der Waals surface area contributed by atoms with Gasteiger partial charge in [-0.1, -0.05) is 23.7 Å². The summed E-state index contributed by atoms with van der Waals surface area (Å²) in [4.78, 5) is 10.6. The van der Waals surface area contributed by atoms with Gasteiger partial charge in [0.05, 0.1) is 5.02 Å². The molecule has 1 aromatic carbocycles. The Bertz CT molecular complexity index is 393. The fraction of sp³-hybridized carbons (Fsp3) is 0.250. The van der Waals surface area contributed by atoms with Gasteiger partial charge in [-0.05, 0) is 42.5 Å². The number of allylic oxidation sites excluding steroid dienone is 2. The van der Waals surface area contributed by atoms with E-state index in [9.17, 15) is 4.79 Å². The lowest BCUT2D eigenvalue weighted by atomic mass is 10.0. The van der Waals surface area contributed by atoms with Crippen LogP contribution >= 0.6 is 11.6 Å². The Hall–Kier alpha value is -1.08. The first kappa shape index (κ1) is 9.47. The molecule has 0 spiro atoms. The van der Waals surface area contributed by atoms with Crippen molar-refractivity contribution in [2.45, 2.75) is 19.3 Å². The number of rotatable bonds is 2. The van der Waals surface area contributed by atoms with Crippen LogP contribution in [0.25, 0.3) is 5.57 Å². The summed E-state index contributed by atoms with van der Waals surface area (Å²) >= 11 is 5.95. The lowest BCUT2D eigenvalue weighted by molar-refractivity contribution is 0.112. The summed E-state index contributed by atoms with van der Waals surface area (Å²) in [6.45, 7) is 0. The monoisotopic (exact) mass is 206 g/mol. The van der Waals surface area contributed by atoms with Crippen LogP contribution in [0, 0.1) is 0 Å². The normalized spacial score (nSPS) is 15.4. The number of benzene rings is 1. The van der Waals surface area contributed by atoms with Gasteiger partial charge in [0.1, 0.15) is 0 Å². The minimum Gasteiger partial charge on any atom is -0.298 e. The zero-order valence-corrected chi connectivity index (χ0v) is 8.55. The molecule has 0 radical (unpaired) electrons. The molecule has 0 bridgehead atoms. The largest absolute Gasteiger partial charge is 0.298 e. The smallest absolute Gasteiger partial charge is 0.151 e. The van der Waals surface area contributed by atoms with E-state index in [4.69, 9.17) is 11.6 Å². The molecule has 0 amide bonds. The number of hydrogen-bond acceptors (Lipinski definition) is 1. The van der Waals surface area contributed by atoms with Gasteiger partial charge in [-0.25, -0.2) is 0 Å². The second-order valence-corrected chi connectivity index (χ2v) is 3.88. The Morgan fingerprint density at radius 3 is 2.79 bits per heavy atom. The van der Waals surface area contributed by atoms with Crippen molar-refractivity contribution in [2.75, 3.05) is 0 Å². The highest BCUT2D eigenvalue weighted by Gasteiger charge is 2.08. The van der Waals surface area contributed by atoms with Gasteiger partial charge in [0, 0.05) is 5.56 Å². The highest BCUT2D eigenvalue weighted by Crippen LogP contribution is 2.29. The van der Waals surface area contributed by atoms with Crippen molar-refractivity contribution in [2.24, 2.45) is 0 Å². The predicted molar refractivity (Wildman–Crippen MR) is 58.7 cm³/mol. The van der Waals surface area contributed by atoms with Crippen molar-refractivity contribution < 1.29 is 4.79 Å². The molecule has 0 unspecified atom stereocenters. The Balaban J connectivity index is 2.36. The number of hydrogen-bond donors (Lipinski definition) is 0. The van der Waals surface area contributed by atoms with Crippen molar-refractivity contribution in [3.05, 3.63) is 40.4 Å². The Kier molecular flexibility index (Phi) is 2.69. The molecule has 0 N–H and O–H groups in total. The van der Waals surface area contributed by atoms with Gasteiger partial charge < -0.3 is 0 Å². The van der Waals surface area contributed by atoms with Gasteiger partial charge in [-0.2, -0.15) is 0 Å². The van der Waals surface area contributed by atoms with E-state index < -0.39 is 0 Å². The molecule has 0 atom stereocenters. The van der Waals surface area contributed by atoms with Gasteiger partial charge in [0.15, 0.2) is 6.29 Å². The summed E-state index contributed by atoms with van der Waals surface area (Å²) in [5, 5.41) is 0.547. The van der Waals surface area contributed by atoms with E-state index in [-0.39, 0.29) is 0 Å². The predicted octanol–water partition coefficient (Wildman–Crippen LogP) is 3.72. The van der Waals surface area contributed by atoms with E-state index >= 15 is 0 Å². The van der Waals surface area contributed by atoms with Crippen LogP contribution in [0.2, 0.25) is 5.02 Å². The molecule has 0 heterocycles. The third kappa shape index (κ3) is 1.73. The molecule has 2 rings (SSSR count). The van der Waals surface area contributed by atoms with Crippen molar-refractivity contribution in [3.8, 4) is 0 Å². The van der Waals surface area contributed by atoms with Crippen molar-refractivity contribution in [1.82, 2.24) is 0 Å². The summed E-state index contributed by atoms with van der Waals surface area (Å²) in [5.74, 6) is 0. The molecule has 2 heteroatoms. The van der Waals surface area contributed by atoms with Crippen LogP contribution < -0.4 is 0 Å². The zero-order chi connectivity index (χ0) is 9.97. The summed E-state index contributed by atoms with van der Waals surface area (Å²) in [5.41, 5.74) is 3.07. The zero-order valence-electron chi connectivity index (χ0n) is 7.79. The SMILES string of the molecule is O=Cc1ccc(C2=CCCC2)cc1Cl. The summed E-state index contributed by atoms with van der Waals surface area (Å²) in [6, 6.07) is 5.62. The van der Waals surface area contributed by atoms with Gasteiger partial charge >= 0.3 is 0 Å². The average molecular weight is 207 g/mol. The molecule has 72 valence electrons. The molecule has 1 nitrogen and oxygen atoms in total. The molecule has 1 aliphatic carbocycles. The van der Waals surface area contributed by atoms with Crippen molar-refractivity contribution in [3.63, 3.8) is 0 Å². The number of halogens is 1. The Morgan fingerprint density at radius 2 is 2.21 bits per heavy atom. The average Bonchev–Trinajstić information content (AvgIpc) is 2.70. The summed E-state index contributed by atoms with van der Waals surface area (Å²) in [6.07, 6.45) is 6.53. The molecular formula is C12H11ClO. The van der Waals surface area contributed by atoms with E-state index in [1.807, 2.05) is 12.1 Å². The van der Waals surface area contributed by atoms with Crippen LogP contribution in [-0.4, -0.2) is 6.29 Å². The van der Waals surface area contributed by atoms with Crippen LogP contribution in [0.4, 0.5) is 0 Å². The van der Waals surface area contributed by atoms with E-state index in [1.54, 1.807) is 6.07 Å². The maximum absolute atomic E-state index is 10.6. The Labute approximate surface area is 88.4 Å². The molecule has 0 aliphatic heterocycles. The first-order chi connectivity index (χ1) is 6.81. The van der Waals surface area contributed by atoms with Crippen LogP contribution in [0.5, 0.6) is 0 Å². The van der Waals surface area contributed by atoms with Crippen LogP contribution in [-0.2, 0) is 0 Å². The molecule has 0 aromatic heterocycles. The fourth-order valence-electron chi connectivity index (χ4n) is 1.76. The van der Waals surface area contributed by atoms with Crippen LogP contribution in [0.3, 0.4) is 0 Å². The quantitative estimate of drug-likeness (QED) is 0.674. The topological polar surface area (TPSA) is 17.1 Å². The van der Waals surface area contributed by atoms with E-state index in [1.165, 1.54) is 12.0 Å². The Morgan fingerprint density at radius 1 is 1.36 bits per heavy atom. The van der Waals surface area contributed by atoms with Crippen LogP contribution in [0.1, 0.15) is 35.2 Å². The number of aldehydes is 1. The maximum Gasteiger partial charge on any atom is 0.151 e. The first-order valence-electron chi connectivity index (χ1n) is 4.75. The minimum absolute atomic E-state index is 0.547. The number of carbonyl (C=O) groups excluding carboxylic acids is 1. The summed E-state index contributed by atoms with van der Waals surface area (Å²) in [7, 11) is 0. The van der Waals surface area contributed by atoms with E-state index in [0.717, 1.165) is 24.7 Å². The molecule has 0 fully saturated rings. The molecule has 1 aromatic rings. The fourth-order valence-corrected chi connectivity index (χ4v) is 1.98. The maximum atomic E-state index is 10.6. The summed E-state index contributed by atoms with van der Waals surface area (Å²) < 4.78 is 0. The van der Waals surface area contributed by atoms with E-state index in [2.05, 4.69) is 6.08 Å².